The van der Waals surface area contributed by atoms with Gasteiger partial charge in [0.25, 0.3) is 5.91 Å². The van der Waals surface area contributed by atoms with Gasteiger partial charge in [-0.2, -0.15) is 26.3 Å². The number of halogens is 6. The van der Waals surface area contributed by atoms with E-state index in [-0.39, 0.29) is 25.5 Å². The molecule has 0 bridgehead atoms. The zero-order chi connectivity index (χ0) is 38.7. The average Bonchev–Trinajstić information content (AvgIpc) is 3.60. The maximum Gasteiger partial charge on any atom is 0.416 e. The number of aryl methyl sites for hydroxylation is 1. The Hall–Kier alpha value is -4.44. The molecule has 2 fully saturated rings. The molecule has 0 radical (unpaired) electrons. The molecule has 0 unspecified atom stereocenters. The molecule has 4 aromatic rings. The summed E-state index contributed by atoms with van der Waals surface area (Å²) in [4.78, 5) is 24.7. The number of ketones is 1. The molecular formula is C39H31F6NO4S4. The third-order valence-electron chi connectivity index (χ3n) is 7.70. The lowest BCUT2D eigenvalue weighted by Crippen LogP contribution is -2.17. The number of carbonyl (C=O) groups is 2. The van der Waals surface area contributed by atoms with Gasteiger partial charge in [-0.3, -0.25) is 9.59 Å². The Morgan fingerprint density at radius 2 is 1.26 bits per heavy atom. The summed E-state index contributed by atoms with van der Waals surface area (Å²) in [5.74, 6) is 0.552. The van der Waals surface area contributed by atoms with Gasteiger partial charge in [0.2, 0.25) is 0 Å². The lowest BCUT2D eigenvalue weighted by Gasteiger charge is -2.14. The van der Waals surface area contributed by atoms with Crippen molar-refractivity contribution < 1.29 is 45.4 Å². The molecule has 6 rings (SSSR count). The summed E-state index contributed by atoms with van der Waals surface area (Å²) >= 11 is 12.4. The van der Waals surface area contributed by atoms with Crippen LogP contribution in [-0.4, -0.2) is 34.4 Å². The third-order valence-corrected chi connectivity index (χ3v) is 10.2. The van der Waals surface area contributed by atoms with Gasteiger partial charge in [-0.15, -0.1) is 0 Å². The minimum absolute atomic E-state index is 0. The van der Waals surface area contributed by atoms with Crippen LogP contribution in [0.2, 0.25) is 0 Å². The van der Waals surface area contributed by atoms with Crippen LogP contribution in [0.15, 0.2) is 88.7 Å². The van der Waals surface area contributed by atoms with E-state index in [1.54, 1.807) is 67.6 Å². The Balaban J connectivity index is 0.000000236. The molecule has 15 heteroatoms. The fourth-order valence-electron chi connectivity index (χ4n) is 5.31. The van der Waals surface area contributed by atoms with E-state index in [4.69, 9.17) is 33.9 Å². The number of amides is 1. The van der Waals surface area contributed by atoms with Crippen molar-refractivity contribution in [3.63, 3.8) is 0 Å². The van der Waals surface area contributed by atoms with Crippen molar-refractivity contribution in [2.24, 2.45) is 0 Å². The second-order valence-corrected chi connectivity index (χ2v) is 15.1. The number of benzene rings is 4. The van der Waals surface area contributed by atoms with Crippen molar-refractivity contribution in [2.75, 3.05) is 14.2 Å². The number of ether oxygens (including phenoxy) is 2. The van der Waals surface area contributed by atoms with Crippen LogP contribution in [0.4, 0.5) is 26.3 Å². The van der Waals surface area contributed by atoms with Gasteiger partial charge in [-0.05, 0) is 95.4 Å². The zero-order valence-electron chi connectivity index (χ0n) is 27.9. The fourth-order valence-corrected chi connectivity index (χ4v) is 7.59. The highest BCUT2D eigenvalue weighted by Gasteiger charge is 2.32. The highest BCUT2D eigenvalue weighted by Crippen LogP contribution is 2.39. The summed E-state index contributed by atoms with van der Waals surface area (Å²) in [5, 5.41) is 2.52. The number of methoxy groups -OCH3 is 2. The first kappa shape index (κ1) is 42.3. The molecule has 2 aliphatic rings. The summed E-state index contributed by atoms with van der Waals surface area (Å²) in [6.07, 6.45) is -5.29. The van der Waals surface area contributed by atoms with E-state index in [1.807, 2.05) is 0 Å². The lowest BCUT2D eigenvalue weighted by atomic mass is 9.97. The number of thiocarbonyl (C=S) groups is 2. The minimum Gasteiger partial charge on any atom is -0.496 e. The molecule has 5 nitrogen and oxygen atoms in total. The molecule has 4 aromatic carbocycles. The molecule has 0 aromatic heterocycles. The number of Topliss-reactive ketones (excluding diaryl/α,β-unsaturated/α-hetero) is 1. The van der Waals surface area contributed by atoms with E-state index >= 15 is 0 Å². The first-order valence-electron chi connectivity index (χ1n) is 15.4. The van der Waals surface area contributed by atoms with E-state index in [0.29, 0.717) is 68.8 Å². The Morgan fingerprint density at radius 3 is 1.76 bits per heavy atom. The van der Waals surface area contributed by atoms with Crippen LogP contribution in [0.3, 0.4) is 0 Å². The highest BCUT2D eigenvalue weighted by molar-refractivity contribution is 8.27. The van der Waals surface area contributed by atoms with Crippen molar-refractivity contribution in [3.8, 4) is 33.8 Å². The zero-order valence-corrected chi connectivity index (χ0v) is 31.2. The Morgan fingerprint density at radius 1 is 0.704 bits per heavy atom. The number of carbonyl (C=O) groups excluding carboxylic acids is 2. The van der Waals surface area contributed by atoms with Gasteiger partial charge in [0, 0.05) is 11.1 Å². The number of alkyl halides is 6. The maximum atomic E-state index is 13.2. The van der Waals surface area contributed by atoms with Gasteiger partial charge in [0.15, 0.2) is 5.78 Å². The Kier molecular flexibility index (Phi) is 13.6. The number of hydrogen-bond donors (Lipinski definition) is 1. The number of nitrogens with one attached hydrogen (secondary N) is 1. The molecule has 0 aliphatic carbocycles. The monoisotopic (exact) mass is 819 g/mol. The number of allylic oxidation sites excluding steroid dienone is 1. The summed E-state index contributed by atoms with van der Waals surface area (Å²) in [7, 11) is 2.91. The number of rotatable bonds is 6. The highest BCUT2D eigenvalue weighted by atomic mass is 32.2. The standard InChI is InChI=1S/C19H14F3NO2S2.C19H13F3O2S2.CH4/c1-10-5-12(9-13(6-10)19(20,21)22)14-7-11(3-4-15(14)25-2)8-16-17(24)23-18(26)27-16;1-24-16-6-5-11(8-17-15(23)10-18(25)26-17)7-14(16)12-3-2-4-13(9-12)19(20,21)22;/h3-9H,1-2H3,(H,23,24,26);2-9H,10H2,1H3;1H4/b16-8-;17-8-;. The minimum atomic E-state index is -4.44. The molecule has 1 N–H and O–H groups in total. The van der Waals surface area contributed by atoms with Gasteiger partial charge in [0.1, 0.15) is 15.8 Å². The Bertz CT molecular complexity index is 2190. The van der Waals surface area contributed by atoms with Crippen LogP contribution in [0, 0.1) is 6.92 Å². The topological polar surface area (TPSA) is 64.6 Å². The van der Waals surface area contributed by atoms with E-state index in [9.17, 15) is 35.9 Å². The first-order chi connectivity index (χ1) is 24.9. The normalized spacial score (nSPS) is 15.9. The molecule has 1 amide bonds. The van der Waals surface area contributed by atoms with Gasteiger partial charge in [-0.1, -0.05) is 85.7 Å². The van der Waals surface area contributed by atoms with Crippen LogP contribution in [0.5, 0.6) is 11.5 Å². The van der Waals surface area contributed by atoms with E-state index in [2.05, 4.69) is 5.32 Å². The van der Waals surface area contributed by atoms with Crippen molar-refractivity contribution in [2.45, 2.75) is 33.1 Å². The van der Waals surface area contributed by atoms with Crippen molar-refractivity contribution in [1.82, 2.24) is 5.32 Å². The molecule has 2 heterocycles. The van der Waals surface area contributed by atoms with Crippen molar-refractivity contribution in [1.29, 1.82) is 0 Å². The maximum absolute atomic E-state index is 13.2. The summed E-state index contributed by atoms with van der Waals surface area (Å²) < 4.78 is 90.1. The molecule has 0 atom stereocenters. The summed E-state index contributed by atoms with van der Waals surface area (Å²) in [6.45, 7) is 1.61. The summed E-state index contributed by atoms with van der Waals surface area (Å²) in [6, 6.07) is 19.1. The largest absolute Gasteiger partial charge is 0.496 e. The van der Waals surface area contributed by atoms with E-state index < -0.39 is 23.5 Å². The van der Waals surface area contributed by atoms with Crippen molar-refractivity contribution >= 4 is 80.3 Å². The molecular weight excluding hydrogens is 789 g/mol. The molecule has 0 saturated carbocycles. The second-order valence-electron chi connectivity index (χ2n) is 11.5. The van der Waals surface area contributed by atoms with Gasteiger partial charge >= 0.3 is 12.4 Å². The molecule has 2 aliphatic heterocycles. The van der Waals surface area contributed by atoms with Crippen LogP contribution in [-0.2, 0) is 21.9 Å². The smallest absolute Gasteiger partial charge is 0.416 e. The van der Waals surface area contributed by atoms with Crippen LogP contribution < -0.4 is 14.8 Å². The van der Waals surface area contributed by atoms with E-state index in [1.165, 1.54) is 32.0 Å². The molecule has 54 heavy (non-hydrogen) atoms. The van der Waals surface area contributed by atoms with Gasteiger partial charge in [0.05, 0.1) is 45.8 Å². The molecule has 282 valence electrons. The molecule has 0 spiro atoms. The quantitative estimate of drug-likeness (QED) is 0.117. The Labute approximate surface area is 327 Å². The number of thioether (sulfide) groups is 2. The van der Waals surface area contributed by atoms with E-state index in [0.717, 1.165) is 36.0 Å². The fraction of sp³-hybridized carbons (Fsp3) is 0.179. The molecule has 2 saturated heterocycles. The number of hydrogen-bond acceptors (Lipinski definition) is 8. The van der Waals surface area contributed by atoms with Gasteiger partial charge < -0.3 is 14.8 Å². The van der Waals surface area contributed by atoms with Crippen LogP contribution in [0.25, 0.3) is 34.4 Å². The predicted molar refractivity (Wildman–Crippen MR) is 212 cm³/mol. The summed E-state index contributed by atoms with van der Waals surface area (Å²) in [5.41, 5.74) is 2.19. The SMILES string of the molecule is C.COc1ccc(/C=C2\SC(=S)CC2=O)cc1-c1cccc(C(F)(F)F)c1.COc1ccc(/C=C2\SC(=S)NC2=O)cc1-c1cc(C)cc(C(F)(F)F)c1. The van der Waals surface area contributed by atoms with Crippen LogP contribution >= 0.6 is 48.0 Å². The predicted octanol–water partition coefficient (Wildman–Crippen LogP) is 11.6. The lowest BCUT2D eigenvalue weighted by molar-refractivity contribution is -0.138. The first-order valence-corrected chi connectivity index (χ1v) is 17.8. The van der Waals surface area contributed by atoms with Gasteiger partial charge in [-0.25, -0.2) is 0 Å². The average molecular weight is 820 g/mol. The van der Waals surface area contributed by atoms with Crippen molar-refractivity contribution in [3.05, 3.63) is 116 Å². The second kappa shape index (κ2) is 17.4. The van der Waals surface area contributed by atoms with Crippen LogP contribution in [0.1, 0.15) is 41.7 Å². The third kappa shape index (κ3) is 10.4.